The average molecular weight is 338 g/mol. The standard InChI is InChI=1S/C21H27N3O/c1-4-24(12-10-19(14-24)18-9-6-11-22-13-18)15-20(25)23-21-16(2)7-5-8-17(21)3/h5-9,11,13,19H,4,10,12,14-15H2,1-3H3/p+1. The molecule has 1 aromatic heterocycles. The maximum absolute atomic E-state index is 12.7. The van der Waals surface area contributed by atoms with Gasteiger partial charge in [0.25, 0.3) is 5.91 Å². The topological polar surface area (TPSA) is 42.0 Å². The third kappa shape index (κ3) is 3.90. The molecule has 4 heteroatoms. The average Bonchev–Trinajstić information content (AvgIpc) is 3.04. The number of carbonyl (C=O) groups excluding carboxylic acids is 1. The molecule has 1 aliphatic rings. The highest BCUT2D eigenvalue weighted by atomic mass is 16.2. The summed E-state index contributed by atoms with van der Waals surface area (Å²) in [7, 11) is 0. The first kappa shape index (κ1) is 17.6. The van der Waals surface area contributed by atoms with E-state index in [-0.39, 0.29) is 5.91 Å². The van der Waals surface area contributed by atoms with E-state index in [0.717, 1.165) is 47.4 Å². The molecule has 0 saturated carbocycles. The number of nitrogens with zero attached hydrogens (tertiary/aromatic N) is 2. The fraction of sp³-hybridized carbons (Fsp3) is 0.429. The summed E-state index contributed by atoms with van der Waals surface area (Å²) in [4.78, 5) is 17.0. The quantitative estimate of drug-likeness (QED) is 0.845. The number of carbonyl (C=O) groups is 1. The molecule has 0 aliphatic carbocycles. The summed E-state index contributed by atoms with van der Waals surface area (Å²) in [6, 6.07) is 10.3. The predicted octanol–water partition coefficient (Wildman–Crippen LogP) is 3.66. The largest absolute Gasteiger partial charge is 0.321 e. The summed E-state index contributed by atoms with van der Waals surface area (Å²) >= 11 is 0. The Morgan fingerprint density at radius 1 is 1.24 bits per heavy atom. The molecule has 25 heavy (non-hydrogen) atoms. The Bertz CT molecular complexity index is 724. The molecule has 2 aromatic rings. The number of hydrogen-bond donors (Lipinski definition) is 1. The van der Waals surface area contributed by atoms with Crippen LogP contribution in [-0.2, 0) is 4.79 Å². The minimum Gasteiger partial charge on any atom is -0.321 e. The van der Waals surface area contributed by atoms with Crippen LogP contribution in [0.2, 0.25) is 0 Å². The van der Waals surface area contributed by atoms with Crippen molar-refractivity contribution in [1.29, 1.82) is 0 Å². The van der Waals surface area contributed by atoms with Crippen molar-refractivity contribution in [1.82, 2.24) is 4.98 Å². The summed E-state index contributed by atoms with van der Waals surface area (Å²) in [6.45, 7) is 9.87. The van der Waals surface area contributed by atoms with Gasteiger partial charge in [-0.1, -0.05) is 24.3 Å². The van der Waals surface area contributed by atoms with Gasteiger partial charge in [-0.15, -0.1) is 0 Å². The van der Waals surface area contributed by atoms with Crippen molar-refractivity contribution in [2.75, 3.05) is 31.5 Å². The number of rotatable bonds is 5. The lowest BCUT2D eigenvalue weighted by Crippen LogP contribution is -2.50. The maximum atomic E-state index is 12.7. The zero-order valence-electron chi connectivity index (χ0n) is 15.5. The summed E-state index contributed by atoms with van der Waals surface area (Å²) < 4.78 is 0.857. The molecule has 1 fully saturated rings. The van der Waals surface area contributed by atoms with E-state index >= 15 is 0 Å². The van der Waals surface area contributed by atoms with E-state index in [1.54, 1.807) is 0 Å². The van der Waals surface area contributed by atoms with Crippen molar-refractivity contribution in [2.45, 2.75) is 33.1 Å². The van der Waals surface area contributed by atoms with Gasteiger partial charge in [-0.05, 0) is 43.5 Å². The van der Waals surface area contributed by atoms with Crippen molar-refractivity contribution in [3.05, 3.63) is 59.4 Å². The molecular weight excluding hydrogens is 310 g/mol. The number of pyridine rings is 1. The van der Waals surface area contributed by atoms with E-state index in [1.807, 2.05) is 50.5 Å². The molecule has 1 aromatic carbocycles. The molecule has 0 spiro atoms. The molecule has 1 saturated heterocycles. The predicted molar refractivity (Wildman–Crippen MR) is 102 cm³/mol. The number of aromatic nitrogens is 1. The van der Waals surface area contributed by atoms with Crippen LogP contribution in [0, 0.1) is 13.8 Å². The number of benzene rings is 1. The summed E-state index contributed by atoms with van der Waals surface area (Å²) in [6.07, 6.45) is 4.91. The van der Waals surface area contributed by atoms with Crippen molar-refractivity contribution in [3.63, 3.8) is 0 Å². The summed E-state index contributed by atoms with van der Waals surface area (Å²) in [5.41, 5.74) is 4.49. The first-order valence-electron chi connectivity index (χ1n) is 9.14. The molecule has 0 radical (unpaired) electrons. The number of hydrogen-bond acceptors (Lipinski definition) is 2. The zero-order valence-corrected chi connectivity index (χ0v) is 15.5. The highest BCUT2D eigenvalue weighted by Crippen LogP contribution is 2.32. The van der Waals surface area contributed by atoms with E-state index in [1.165, 1.54) is 5.56 Å². The van der Waals surface area contributed by atoms with Crippen LogP contribution in [0.15, 0.2) is 42.7 Å². The smallest absolute Gasteiger partial charge is 0.279 e. The molecule has 1 amide bonds. The van der Waals surface area contributed by atoms with Crippen LogP contribution in [0.25, 0.3) is 0 Å². The van der Waals surface area contributed by atoms with Crippen LogP contribution in [0.1, 0.15) is 36.0 Å². The molecule has 2 atom stereocenters. The Morgan fingerprint density at radius 2 is 2.00 bits per heavy atom. The van der Waals surface area contributed by atoms with Gasteiger partial charge in [0.15, 0.2) is 6.54 Å². The molecule has 132 valence electrons. The summed E-state index contributed by atoms with van der Waals surface area (Å²) in [5.74, 6) is 0.618. The molecule has 2 heterocycles. The van der Waals surface area contributed by atoms with Crippen molar-refractivity contribution in [3.8, 4) is 0 Å². The first-order chi connectivity index (χ1) is 12.0. The Kier molecular flexibility index (Phi) is 5.19. The van der Waals surface area contributed by atoms with Crippen LogP contribution >= 0.6 is 0 Å². The van der Waals surface area contributed by atoms with Gasteiger partial charge in [-0.25, -0.2) is 0 Å². The maximum Gasteiger partial charge on any atom is 0.279 e. The van der Waals surface area contributed by atoms with Gasteiger partial charge < -0.3 is 9.80 Å². The van der Waals surface area contributed by atoms with Gasteiger partial charge >= 0.3 is 0 Å². The van der Waals surface area contributed by atoms with Gasteiger partial charge in [0, 0.05) is 30.4 Å². The Morgan fingerprint density at radius 3 is 2.64 bits per heavy atom. The molecular formula is C21H28N3O+. The van der Waals surface area contributed by atoms with Crippen molar-refractivity contribution < 1.29 is 9.28 Å². The second kappa shape index (κ2) is 7.36. The number of likely N-dealkylation sites (N-methyl/N-ethyl adjacent to an activating group) is 1. The number of para-hydroxylation sites is 1. The number of quaternary nitrogens is 1. The highest BCUT2D eigenvalue weighted by molar-refractivity contribution is 5.93. The van der Waals surface area contributed by atoms with Crippen molar-refractivity contribution in [2.24, 2.45) is 0 Å². The molecule has 1 N–H and O–H groups in total. The van der Waals surface area contributed by atoms with Crippen LogP contribution in [0.5, 0.6) is 0 Å². The fourth-order valence-corrected chi connectivity index (χ4v) is 4.01. The third-order valence-electron chi connectivity index (χ3n) is 5.61. The molecule has 4 nitrogen and oxygen atoms in total. The third-order valence-corrected chi connectivity index (χ3v) is 5.61. The van der Waals surface area contributed by atoms with E-state index in [2.05, 4.69) is 23.3 Å². The molecule has 0 bridgehead atoms. The van der Waals surface area contributed by atoms with Crippen LogP contribution < -0.4 is 5.32 Å². The molecule has 2 unspecified atom stereocenters. The number of aryl methyl sites for hydroxylation is 2. The lowest BCUT2D eigenvalue weighted by Gasteiger charge is -2.33. The lowest BCUT2D eigenvalue weighted by atomic mass is 10.0. The zero-order chi connectivity index (χ0) is 17.9. The second-order valence-electron chi connectivity index (χ2n) is 7.31. The Balaban J connectivity index is 1.69. The van der Waals surface area contributed by atoms with E-state index < -0.39 is 0 Å². The van der Waals surface area contributed by atoms with E-state index in [0.29, 0.717) is 12.5 Å². The summed E-state index contributed by atoms with van der Waals surface area (Å²) in [5, 5.41) is 3.15. The number of anilines is 1. The Labute approximate surface area is 150 Å². The van der Waals surface area contributed by atoms with Gasteiger partial charge in [0.05, 0.1) is 19.6 Å². The number of nitrogens with one attached hydrogen (secondary N) is 1. The van der Waals surface area contributed by atoms with Gasteiger partial charge in [-0.2, -0.15) is 0 Å². The monoisotopic (exact) mass is 338 g/mol. The van der Waals surface area contributed by atoms with Gasteiger partial charge in [-0.3, -0.25) is 9.78 Å². The minimum atomic E-state index is 0.117. The lowest BCUT2D eigenvalue weighted by molar-refractivity contribution is -0.907. The normalized spacial score (nSPS) is 22.8. The highest BCUT2D eigenvalue weighted by Gasteiger charge is 2.39. The number of likely N-dealkylation sites (tertiary alicyclic amines) is 1. The first-order valence-corrected chi connectivity index (χ1v) is 9.14. The van der Waals surface area contributed by atoms with Gasteiger partial charge in [0.2, 0.25) is 0 Å². The SMILES string of the molecule is CC[N+]1(CC(=O)Nc2c(C)cccc2C)CCC(c2cccnc2)C1. The second-order valence-corrected chi connectivity index (χ2v) is 7.31. The number of amides is 1. The fourth-order valence-electron chi connectivity index (χ4n) is 4.01. The van der Waals surface area contributed by atoms with Gasteiger partial charge in [0.1, 0.15) is 0 Å². The van der Waals surface area contributed by atoms with Crippen LogP contribution in [0.4, 0.5) is 5.69 Å². The van der Waals surface area contributed by atoms with E-state index in [4.69, 9.17) is 0 Å². The molecule has 3 rings (SSSR count). The Hall–Kier alpha value is -2.20. The van der Waals surface area contributed by atoms with E-state index in [9.17, 15) is 4.79 Å². The molecule has 1 aliphatic heterocycles. The van der Waals surface area contributed by atoms with Crippen LogP contribution in [0.3, 0.4) is 0 Å². The van der Waals surface area contributed by atoms with Crippen LogP contribution in [-0.4, -0.2) is 41.6 Å². The van der Waals surface area contributed by atoms with Crippen molar-refractivity contribution >= 4 is 11.6 Å². The minimum absolute atomic E-state index is 0.117.